The zero-order chi connectivity index (χ0) is 12.9. The van der Waals surface area contributed by atoms with Crippen LogP contribution in [-0.4, -0.2) is 19.1 Å². The average Bonchev–Trinajstić information content (AvgIpc) is 2.65. The van der Waals surface area contributed by atoms with Crippen molar-refractivity contribution in [2.75, 3.05) is 18.4 Å². The molecule has 2 nitrogen and oxygen atoms in total. The summed E-state index contributed by atoms with van der Waals surface area (Å²) in [5, 5.41) is 6.04. The van der Waals surface area contributed by atoms with Crippen molar-refractivity contribution in [1.29, 1.82) is 0 Å². The number of hydrogen-bond donors (Lipinski definition) is 2. The van der Waals surface area contributed by atoms with Crippen molar-refractivity contribution in [2.45, 2.75) is 24.6 Å². The number of benzene rings is 1. The molecule has 2 aliphatic rings. The van der Waals surface area contributed by atoms with Gasteiger partial charge in [0, 0.05) is 18.5 Å². The normalized spacial score (nSPS) is 26.4. The molecule has 0 spiro atoms. The van der Waals surface area contributed by atoms with Crippen molar-refractivity contribution in [3.63, 3.8) is 0 Å². The molecule has 0 aliphatic carbocycles. The second-order valence-corrected chi connectivity index (χ2v) is 4.77. The number of anilines is 1. The molecule has 1 aromatic carbocycles. The molecular formula is C12H12F4N2. The summed E-state index contributed by atoms with van der Waals surface area (Å²) in [7, 11) is 0. The van der Waals surface area contributed by atoms with Gasteiger partial charge in [-0.3, -0.25) is 0 Å². The molecule has 2 aliphatic heterocycles. The summed E-state index contributed by atoms with van der Waals surface area (Å²) in [6.45, 7) is 1.36. The summed E-state index contributed by atoms with van der Waals surface area (Å²) < 4.78 is 52.0. The van der Waals surface area contributed by atoms with Gasteiger partial charge >= 0.3 is 6.18 Å². The lowest BCUT2D eigenvalue weighted by Gasteiger charge is -2.26. The highest BCUT2D eigenvalue weighted by Crippen LogP contribution is 2.45. The predicted octanol–water partition coefficient (Wildman–Crippen LogP) is 2.72. The van der Waals surface area contributed by atoms with Gasteiger partial charge in [-0.2, -0.15) is 13.2 Å². The van der Waals surface area contributed by atoms with Gasteiger partial charge in [0.1, 0.15) is 5.82 Å². The van der Waals surface area contributed by atoms with E-state index in [0.717, 1.165) is 13.0 Å². The van der Waals surface area contributed by atoms with Crippen LogP contribution in [-0.2, 0) is 6.18 Å². The highest BCUT2D eigenvalue weighted by molar-refractivity contribution is 5.66. The van der Waals surface area contributed by atoms with Gasteiger partial charge in [-0.25, -0.2) is 4.39 Å². The Balaban J connectivity index is 2.11. The van der Waals surface area contributed by atoms with E-state index in [2.05, 4.69) is 10.6 Å². The molecule has 2 N–H and O–H groups in total. The van der Waals surface area contributed by atoms with E-state index in [0.29, 0.717) is 18.2 Å². The van der Waals surface area contributed by atoms with Gasteiger partial charge in [-0.05, 0) is 30.7 Å². The maximum Gasteiger partial charge on any atom is 0.418 e. The summed E-state index contributed by atoms with van der Waals surface area (Å²) >= 11 is 0. The van der Waals surface area contributed by atoms with Crippen LogP contribution in [0, 0.1) is 5.82 Å². The van der Waals surface area contributed by atoms with Crippen LogP contribution in [0.1, 0.15) is 23.5 Å². The van der Waals surface area contributed by atoms with E-state index >= 15 is 0 Å². The van der Waals surface area contributed by atoms with Crippen molar-refractivity contribution in [3.8, 4) is 0 Å². The first-order valence-corrected chi connectivity index (χ1v) is 5.84. The smallest absolute Gasteiger partial charge is 0.381 e. The van der Waals surface area contributed by atoms with Crippen molar-refractivity contribution in [3.05, 3.63) is 29.1 Å². The second-order valence-electron chi connectivity index (χ2n) is 4.77. The van der Waals surface area contributed by atoms with E-state index < -0.39 is 17.6 Å². The third-order valence-corrected chi connectivity index (χ3v) is 3.65. The Kier molecular flexibility index (Phi) is 2.52. The number of hydrogen-bond acceptors (Lipinski definition) is 2. The highest BCUT2D eigenvalue weighted by Gasteiger charge is 2.42. The largest absolute Gasteiger partial charge is 0.418 e. The van der Waals surface area contributed by atoms with Crippen LogP contribution in [0.4, 0.5) is 23.2 Å². The quantitative estimate of drug-likeness (QED) is 0.701. The van der Waals surface area contributed by atoms with E-state index in [1.807, 2.05) is 0 Å². The molecule has 18 heavy (non-hydrogen) atoms. The molecule has 1 aromatic rings. The van der Waals surface area contributed by atoms with Crippen LogP contribution in [0.3, 0.4) is 0 Å². The van der Waals surface area contributed by atoms with Crippen LogP contribution < -0.4 is 10.6 Å². The summed E-state index contributed by atoms with van der Waals surface area (Å²) in [6, 6.07) is 1.76. The molecule has 0 saturated carbocycles. The first kappa shape index (κ1) is 11.8. The third-order valence-electron chi connectivity index (χ3n) is 3.65. The van der Waals surface area contributed by atoms with Crippen LogP contribution in [0.25, 0.3) is 0 Å². The molecule has 0 bridgehead atoms. The third kappa shape index (κ3) is 1.75. The number of piperidine rings is 1. The van der Waals surface area contributed by atoms with Gasteiger partial charge in [0.2, 0.25) is 0 Å². The Morgan fingerprint density at radius 1 is 1.22 bits per heavy atom. The average molecular weight is 260 g/mol. The first-order chi connectivity index (χ1) is 8.47. The minimum Gasteiger partial charge on any atom is -0.381 e. The summed E-state index contributed by atoms with van der Waals surface area (Å²) in [5.41, 5.74) is -0.394. The molecule has 0 amide bonds. The standard InChI is InChI=1S/C12H12F4N2/c13-6-3-7-8-5-17-2-1-10(8)18-11(7)9(4-6)12(14,15)16/h3-4,8,10,17-18H,1-2,5H2/t8-,10-/m0/s1. The number of rotatable bonds is 0. The fraction of sp³-hybridized carbons (Fsp3) is 0.500. The van der Waals surface area contributed by atoms with Gasteiger partial charge in [0.25, 0.3) is 0 Å². The monoisotopic (exact) mass is 260 g/mol. The number of nitrogens with one attached hydrogen (secondary N) is 2. The van der Waals surface area contributed by atoms with E-state index in [-0.39, 0.29) is 17.6 Å². The maximum absolute atomic E-state index is 13.4. The minimum atomic E-state index is -4.53. The van der Waals surface area contributed by atoms with Crippen molar-refractivity contribution in [2.24, 2.45) is 0 Å². The Hall–Kier alpha value is -1.30. The van der Waals surface area contributed by atoms with Gasteiger partial charge in [0.15, 0.2) is 0 Å². The van der Waals surface area contributed by atoms with E-state index in [1.165, 1.54) is 6.07 Å². The van der Waals surface area contributed by atoms with Crippen molar-refractivity contribution >= 4 is 5.69 Å². The van der Waals surface area contributed by atoms with Crippen molar-refractivity contribution < 1.29 is 17.6 Å². The van der Waals surface area contributed by atoms with Crippen LogP contribution in [0.15, 0.2) is 12.1 Å². The molecular weight excluding hydrogens is 248 g/mol. The molecule has 2 atom stereocenters. The van der Waals surface area contributed by atoms with Crippen LogP contribution in [0.2, 0.25) is 0 Å². The van der Waals surface area contributed by atoms with E-state index in [4.69, 9.17) is 0 Å². The Morgan fingerprint density at radius 2 is 2.00 bits per heavy atom. The lowest BCUT2D eigenvalue weighted by molar-refractivity contribution is -0.137. The summed E-state index contributed by atoms with van der Waals surface area (Å²) in [5.74, 6) is -0.903. The molecule has 3 rings (SSSR count). The molecule has 2 heterocycles. The van der Waals surface area contributed by atoms with Gasteiger partial charge in [-0.15, -0.1) is 0 Å². The molecule has 1 saturated heterocycles. The Labute approximate surface area is 101 Å². The Morgan fingerprint density at radius 3 is 2.72 bits per heavy atom. The zero-order valence-corrected chi connectivity index (χ0v) is 9.44. The van der Waals surface area contributed by atoms with Gasteiger partial charge in [0.05, 0.1) is 11.3 Å². The lowest BCUT2D eigenvalue weighted by atomic mass is 9.90. The van der Waals surface area contributed by atoms with Gasteiger partial charge < -0.3 is 10.6 Å². The summed E-state index contributed by atoms with van der Waals surface area (Å²) in [4.78, 5) is 0. The predicted molar refractivity (Wildman–Crippen MR) is 59.0 cm³/mol. The topological polar surface area (TPSA) is 24.1 Å². The van der Waals surface area contributed by atoms with Crippen LogP contribution >= 0.6 is 0 Å². The number of halogens is 4. The lowest BCUT2D eigenvalue weighted by Crippen LogP contribution is -2.38. The number of fused-ring (bicyclic) bond motifs is 3. The second kappa shape index (κ2) is 3.85. The molecule has 0 aromatic heterocycles. The molecule has 6 heteroatoms. The first-order valence-electron chi connectivity index (χ1n) is 5.84. The highest BCUT2D eigenvalue weighted by atomic mass is 19.4. The number of alkyl halides is 3. The molecule has 1 fully saturated rings. The molecule has 0 unspecified atom stereocenters. The van der Waals surface area contributed by atoms with Crippen molar-refractivity contribution in [1.82, 2.24) is 5.32 Å². The van der Waals surface area contributed by atoms with Crippen LogP contribution in [0.5, 0.6) is 0 Å². The van der Waals surface area contributed by atoms with E-state index in [1.54, 1.807) is 0 Å². The minimum absolute atomic E-state index is 0.0239. The van der Waals surface area contributed by atoms with Gasteiger partial charge in [-0.1, -0.05) is 0 Å². The fourth-order valence-corrected chi connectivity index (χ4v) is 2.85. The maximum atomic E-state index is 13.4. The Bertz CT molecular complexity index is 484. The fourth-order valence-electron chi connectivity index (χ4n) is 2.85. The zero-order valence-electron chi connectivity index (χ0n) is 9.44. The summed E-state index contributed by atoms with van der Waals surface area (Å²) in [6.07, 6.45) is -3.78. The van der Waals surface area contributed by atoms with E-state index in [9.17, 15) is 17.6 Å². The molecule has 0 radical (unpaired) electrons. The molecule has 98 valence electrons. The SMILES string of the molecule is Fc1cc2c(c(C(F)(F)F)c1)N[C@H]1CCNC[C@@H]21.